The van der Waals surface area contributed by atoms with E-state index in [0.29, 0.717) is 10.9 Å². The van der Waals surface area contributed by atoms with Gasteiger partial charge in [0.05, 0.1) is 57.0 Å². The van der Waals surface area contributed by atoms with Crippen molar-refractivity contribution in [2.75, 3.05) is 18.3 Å². The molecule has 0 bridgehead atoms. The van der Waals surface area contributed by atoms with Gasteiger partial charge < -0.3 is 0 Å². The van der Waals surface area contributed by atoms with Crippen molar-refractivity contribution in [3.05, 3.63) is 130 Å². The summed E-state index contributed by atoms with van der Waals surface area (Å²) in [6.07, 6.45) is -48.4. The summed E-state index contributed by atoms with van der Waals surface area (Å²) in [5.74, 6) is 1.17. The second kappa shape index (κ2) is 17.4. The Labute approximate surface area is 341 Å². The minimum atomic E-state index is -6.13. The van der Waals surface area contributed by atoms with Crippen molar-refractivity contribution in [2.24, 2.45) is 0 Å². The fraction of sp³-hybridized carbons (Fsp3) is 0.297. The van der Waals surface area contributed by atoms with E-state index in [-0.39, 0.29) is 0 Å². The lowest BCUT2D eigenvalue weighted by molar-refractivity contribution is -0.144. The molecule has 0 fully saturated rings. The number of halogens is 24. The summed E-state index contributed by atoms with van der Waals surface area (Å²) >= 11 is 0. The van der Waals surface area contributed by atoms with Crippen LogP contribution in [0, 0.1) is 0 Å². The topological polar surface area (TPSA) is 0 Å². The molecule has 0 aliphatic rings. The third kappa shape index (κ3) is 12.5. The van der Waals surface area contributed by atoms with Crippen LogP contribution in [-0.2, 0) is 60.3 Å². The summed E-state index contributed by atoms with van der Waals surface area (Å²) in [5, 5.41) is 0. The van der Waals surface area contributed by atoms with Crippen LogP contribution in [0.4, 0.5) is 105 Å². The van der Waals surface area contributed by atoms with Crippen LogP contribution in [0.2, 0.25) is 0 Å². The maximum absolute atomic E-state index is 14.2. The summed E-state index contributed by atoms with van der Waals surface area (Å²) in [6.45, 7) is 3.61. The van der Waals surface area contributed by atoms with E-state index in [1.54, 1.807) is 0 Å². The Bertz CT molecular complexity index is 1830. The summed E-state index contributed by atoms with van der Waals surface area (Å²) < 4.78 is 341. The van der Waals surface area contributed by atoms with Gasteiger partial charge in [0.15, 0.2) is 0 Å². The van der Waals surface area contributed by atoms with Gasteiger partial charge in [0.1, 0.15) is 11.9 Å². The fourth-order valence-electron chi connectivity index (χ4n) is 6.31. The molecular weight excluding hydrogens is 943 g/mol. The van der Waals surface area contributed by atoms with Gasteiger partial charge in [-0.25, -0.2) is 0 Å². The van der Waals surface area contributed by atoms with Crippen LogP contribution in [0.1, 0.15) is 44.5 Å². The summed E-state index contributed by atoms with van der Waals surface area (Å²) in [7, 11) is 0.566. The first-order chi connectivity index (χ1) is 28.0. The summed E-state index contributed by atoms with van der Waals surface area (Å²) in [4.78, 5) is 0. The molecule has 0 aromatic heterocycles. The number of hydrogen-bond donors (Lipinski definition) is 0. The average Bonchev–Trinajstić information content (AvgIpc) is 3.09. The van der Waals surface area contributed by atoms with Crippen molar-refractivity contribution in [2.45, 2.75) is 49.4 Å². The quantitative estimate of drug-likeness (QED) is 0.0782. The lowest BCUT2D eigenvalue weighted by atomic mass is 9.12. The molecule has 4 rings (SSSR count). The lowest BCUT2D eigenvalue weighted by Crippen LogP contribution is -2.75. The molecule has 63 heavy (non-hydrogen) atoms. The van der Waals surface area contributed by atoms with Crippen molar-refractivity contribution >= 4 is 38.9 Å². The van der Waals surface area contributed by atoms with E-state index in [1.807, 2.05) is 6.08 Å². The largest absolute Gasteiger partial charge is 0.416 e. The second-order valence-electron chi connectivity index (χ2n) is 13.7. The van der Waals surface area contributed by atoms with Gasteiger partial charge in [-0.05, 0) is 41.2 Å². The molecule has 0 N–H and O–H groups in total. The van der Waals surface area contributed by atoms with Gasteiger partial charge in [0, 0.05) is 0 Å². The molecule has 0 saturated carbocycles. The molecule has 0 amide bonds. The highest BCUT2D eigenvalue weighted by atomic mass is 32.2. The van der Waals surface area contributed by atoms with E-state index in [1.165, 1.54) is 5.75 Å². The van der Waals surface area contributed by atoms with Gasteiger partial charge in [-0.15, -0.1) is 0 Å². The highest BCUT2D eigenvalue weighted by Gasteiger charge is 2.47. The predicted molar refractivity (Wildman–Crippen MR) is 184 cm³/mol. The number of benzene rings is 4. The van der Waals surface area contributed by atoms with Gasteiger partial charge in [-0.1, -0.05) is 55.1 Å². The van der Waals surface area contributed by atoms with Crippen LogP contribution in [-0.4, -0.2) is 24.4 Å². The first-order valence-corrected chi connectivity index (χ1v) is 18.8. The molecule has 0 heterocycles. The van der Waals surface area contributed by atoms with Gasteiger partial charge in [-0.2, -0.15) is 127 Å². The number of hydrogen-bond acceptors (Lipinski definition) is 0. The Kier molecular flexibility index (Phi) is 14.5. The van der Waals surface area contributed by atoms with E-state index in [9.17, 15) is 105 Å². The van der Waals surface area contributed by atoms with Crippen LogP contribution in [0.5, 0.6) is 0 Å². The molecule has 26 heteroatoms. The summed E-state index contributed by atoms with van der Waals surface area (Å²) in [6, 6.07) is -8.81. The zero-order valence-electron chi connectivity index (χ0n) is 31.0. The molecule has 0 unspecified atom stereocenters. The van der Waals surface area contributed by atoms with Gasteiger partial charge in [0.2, 0.25) is 0 Å². The van der Waals surface area contributed by atoms with Crippen molar-refractivity contribution < 1.29 is 105 Å². The molecule has 0 nitrogen and oxygen atoms in total. The van der Waals surface area contributed by atoms with Crippen LogP contribution in [0.25, 0.3) is 0 Å². The van der Waals surface area contributed by atoms with Crippen molar-refractivity contribution in [3.8, 4) is 0 Å². The van der Waals surface area contributed by atoms with Crippen molar-refractivity contribution in [1.29, 1.82) is 0 Å². The molecule has 0 atom stereocenters. The molecule has 0 aliphatic heterocycles. The molecule has 348 valence electrons. The highest BCUT2D eigenvalue weighted by molar-refractivity contribution is 7.95. The Morgan fingerprint density at radius 2 is 0.476 bits per heavy atom. The molecule has 4 aromatic carbocycles. The third-order valence-corrected chi connectivity index (χ3v) is 9.79. The smallest absolute Gasteiger partial charge is 0.194 e. The minimum absolute atomic E-state index is 0.566. The summed E-state index contributed by atoms with van der Waals surface area (Å²) in [5.41, 5.74) is -30.2. The molecule has 0 spiro atoms. The van der Waals surface area contributed by atoms with E-state index >= 15 is 0 Å². The first-order valence-electron chi connectivity index (χ1n) is 16.5. The average molecular weight is 966 g/mol. The molecule has 4 aromatic rings. The maximum atomic E-state index is 14.2. The molecular formula is C37H23BF24S. The SMILES string of the molecule is C=CC[S+](C)C.FC(F)(F)c1cc([B-](c2cc(C(F)(F)F)cc(C(F)(F)F)c2)(c2cc(C(F)(F)F)cc(C(F)(F)F)c2)c2cc(C(F)(F)F)cc(C(F)(F)F)c2)cc(C(F)(F)F)c1. The Morgan fingerprint density at radius 1 is 0.333 bits per heavy atom. The maximum Gasteiger partial charge on any atom is 0.416 e. The zero-order chi connectivity index (χ0) is 48.9. The molecule has 0 radical (unpaired) electrons. The Balaban J connectivity index is 0.00000164. The van der Waals surface area contributed by atoms with Crippen LogP contribution >= 0.6 is 0 Å². The Morgan fingerprint density at radius 3 is 0.556 bits per heavy atom. The third-order valence-electron chi connectivity index (χ3n) is 8.89. The normalized spacial score (nSPS) is 13.8. The van der Waals surface area contributed by atoms with E-state index < -0.39 is 195 Å². The van der Waals surface area contributed by atoms with Gasteiger partial charge in [0.25, 0.3) is 0 Å². The second-order valence-corrected chi connectivity index (χ2v) is 16.0. The van der Waals surface area contributed by atoms with E-state index in [2.05, 4.69) is 19.1 Å². The standard InChI is InChI=1S/C32H12BF24.C5H11S/c34-25(35,36)13-1-14(26(37,38)39)6-21(5-13)33(22-7-15(27(40,41)42)2-16(8-22)28(43,44)45,23-9-17(29(46,47)48)3-18(10-23)30(49,50)51)24-11-19(31(52,53)54)4-20(12-24)32(55,56)57;1-4-5-6(2)3/h1-12H;4H,1,5H2,2-3H3/q-1;+1. The number of alkyl halides is 24. The van der Waals surface area contributed by atoms with Crippen molar-refractivity contribution in [1.82, 2.24) is 0 Å². The van der Waals surface area contributed by atoms with Crippen LogP contribution < -0.4 is 21.9 Å². The van der Waals surface area contributed by atoms with E-state index in [4.69, 9.17) is 0 Å². The first kappa shape index (κ1) is 52.7. The van der Waals surface area contributed by atoms with Crippen LogP contribution in [0.3, 0.4) is 0 Å². The predicted octanol–water partition coefficient (Wildman–Crippen LogP) is 12.3. The monoisotopic (exact) mass is 966 g/mol. The highest BCUT2D eigenvalue weighted by Crippen LogP contribution is 2.41. The lowest BCUT2D eigenvalue weighted by Gasteiger charge is -2.46. The zero-order valence-corrected chi connectivity index (χ0v) is 31.8. The Hall–Kier alpha value is -4.65. The van der Waals surface area contributed by atoms with E-state index in [0.717, 1.165) is 0 Å². The number of rotatable bonds is 6. The molecule has 0 aliphatic carbocycles. The molecule has 0 saturated heterocycles. The van der Waals surface area contributed by atoms with Gasteiger partial charge >= 0.3 is 49.4 Å². The van der Waals surface area contributed by atoms with Crippen LogP contribution in [0.15, 0.2) is 85.5 Å². The van der Waals surface area contributed by atoms with Gasteiger partial charge in [-0.3, -0.25) is 0 Å². The fourth-order valence-corrected chi connectivity index (χ4v) is 6.78. The minimum Gasteiger partial charge on any atom is -0.194 e. The van der Waals surface area contributed by atoms with Crippen molar-refractivity contribution in [3.63, 3.8) is 0 Å².